The van der Waals surface area contributed by atoms with Gasteiger partial charge in [-0.25, -0.2) is 9.35 Å². The summed E-state index contributed by atoms with van der Waals surface area (Å²) in [5, 5.41) is 16.0. The molecule has 0 fully saturated rings. The Hall–Kier alpha value is -0.300. The molecule has 0 aliphatic rings. The highest BCUT2D eigenvalue weighted by Gasteiger charge is 2.20. The Morgan fingerprint density at radius 2 is 2.31 bits per heavy atom. The normalized spacial score (nSPS) is 14.8. The van der Waals surface area contributed by atoms with Gasteiger partial charge in [-0.15, -0.1) is 11.3 Å². The molecule has 1 aromatic heterocycles. The van der Waals surface area contributed by atoms with Crippen molar-refractivity contribution in [2.24, 2.45) is 9.50 Å². The molecule has 0 bridgehead atoms. The Kier molecular flexibility index (Phi) is 3.18. The van der Waals surface area contributed by atoms with E-state index in [0.717, 1.165) is 4.21 Å². The molecule has 0 amide bonds. The van der Waals surface area contributed by atoms with Crippen molar-refractivity contribution in [1.29, 1.82) is 0 Å². The summed E-state index contributed by atoms with van der Waals surface area (Å²) in [6.07, 6.45) is 1.67. The van der Waals surface area contributed by atoms with Crippen LogP contribution in [0, 0.1) is 0 Å². The van der Waals surface area contributed by atoms with E-state index in [1.807, 2.05) is 0 Å². The zero-order chi connectivity index (χ0) is 10.1. The predicted molar refractivity (Wildman–Crippen MR) is 55.5 cm³/mol. The Balaban J connectivity index is 3.00. The molecule has 0 aliphatic carbocycles. The van der Waals surface area contributed by atoms with Crippen molar-refractivity contribution >= 4 is 22.2 Å². The molecule has 1 heterocycles. The largest absolute Gasteiger partial charge is 0.383 e. The van der Waals surface area contributed by atoms with E-state index in [9.17, 15) is 5.11 Å². The highest BCUT2D eigenvalue weighted by molar-refractivity contribution is 7.87. The van der Waals surface area contributed by atoms with E-state index in [4.69, 9.17) is 5.14 Å². The first-order valence-corrected chi connectivity index (χ1v) is 5.78. The average molecular weight is 219 g/mol. The lowest BCUT2D eigenvalue weighted by atomic mass is 10.2. The molecule has 74 valence electrons. The molecule has 0 spiro atoms. The summed E-state index contributed by atoms with van der Waals surface area (Å²) in [4.78, 5) is 4.09. The molecule has 0 aromatic carbocycles. The highest BCUT2D eigenvalue weighted by Crippen LogP contribution is 2.26. The molecule has 0 aliphatic heterocycles. The summed E-state index contributed by atoms with van der Waals surface area (Å²) in [6, 6.07) is 0. The zero-order valence-electron chi connectivity index (χ0n) is 7.81. The number of rotatable bonds is 2. The monoisotopic (exact) mass is 219 g/mol. The van der Waals surface area contributed by atoms with E-state index in [1.54, 1.807) is 27.1 Å². The molecule has 1 rings (SSSR count). The maximum absolute atomic E-state index is 9.64. The van der Waals surface area contributed by atoms with Crippen molar-refractivity contribution in [3.05, 3.63) is 11.2 Å². The fourth-order valence-electron chi connectivity index (χ4n) is 0.729. The van der Waals surface area contributed by atoms with Crippen LogP contribution in [0.1, 0.15) is 18.9 Å². The van der Waals surface area contributed by atoms with Gasteiger partial charge in [-0.05, 0) is 13.8 Å². The second-order valence-corrected chi connectivity index (χ2v) is 5.76. The predicted octanol–water partition coefficient (Wildman–Crippen LogP) is 1.03. The minimum atomic E-state index is -0.888. The minimum absolute atomic E-state index is 0.584. The number of hydrogen-bond acceptors (Lipinski definition) is 4. The first kappa shape index (κ1) is 10.8. The van der Waals surface area contributed by atoms with Crippen LogP contribution < -0.4 is 5.14 Å². The standard InChI is InChI=1S/C7H13N3OS2/c1-7(2,11)6-10-4-5(12-6)13(8)9-3/h4,11H,1-3H3,(H2,8,9). The Morgan fingerprint density at radius 3 is 2.69 bits per heavy atom. The summed E-state index contributed by atoms with van der Waals surface area (Å²) in [5.74, 6) is 0. The molecule has 0 radical (unpaired) electrons. The molecule has 6 heteroatoms. The van der Waals surface area contributed by atoms with Crippen molar-refractivity contribution in [2.45, 2.75) is 23.7 Å². The molecule has 0 saturated carbocycles. The molecule has 3 N–H and O–H groups in total. The Morgan fingerprint density at radius 1 is 1.69 bits per heavy atom. The van der Waals surface area contributed by atoms with E-state index in [0.29, 0.717) is 5.01 Å². The van der Waals surface area contributed by atoms with Gasteiger partial charge in [-0.2, -0.15) is 0 Å². The molecule has 0 saturated heterocycles. The van der Waals surface area contributed by atoms with Crippen LogP contribution in [-0.2, 0) is 16.5 Å². The lowest BCUT2D eigenvalue weighted by molar-refractivity contribution is 0.0783. The fraction of sp³-hybridized carbons (Fsp3) is 0.571. The first-order valence-electron chi connectivity index (χ1n) is 3.72. The van der Waals surface area contributed by atoms with Gasteiger partial charge in [-0.3, -0.25) is 5.14 Å². The van der Waals surface area contributed by atoms with Crippen LogP contribution in [0.15, 0.2) is 14.8 Å². The lowest BCUT2D eigenvalue weighted by Gasteiger charge is -2.12. The van der Waals surface area contributed by atoms with Gasteiger partial charge in [0.25, 0.3) is 0 Å². The van der Waals surface area contributed by atoms with Crippen LogP contribution in [0.5, 0.6) is 0 Å². The lowest BCUT2D eigenvalue weighted by Crippen LogP contribution is -2.14. The summed E-state index contributed by atoms with van der Waals surface area (Å²) in [7, 11) is 1.09. The van der Waals surface area contributed by atoms with Crippen LogP contribution in [0.25, 0.3) is 0 Å². The van der Waals surface area contributed by atoms with Crippen LogP contribution in [-0.4, -0.2) is 17.1 Å². The third-order valence-corrected chi connectivity index (χ3v) is 4.19. The molecule has 1 atom stereocenters. The van der Waals surface area contributed by atoms with Gasteiger partial charge in [0.2, 0.25) is 0 Å². The smallest absolute Gasteiger partial charge is 0.125 e. The van der Waals surface area contributed by atoms with Crippen molar-refractivity contribution < 1.29 is 5.11 Å². The Bertz CT molecular complexity index is 327. The zero-order valence-corrected chi connectivity index (χ0v) is 9.45. The van der Waals surface area contributed by atoms with E-state index < -0.39 is 16.5 Å². The minimum Gasteiger partial charge on any atom is -0.383 e. The SMILES string of the molecule is CN=S(N)c1cnc(C(C)(C)O)s1. The van der Waals surface area contributed by atoms with Crippen molar-refractivity contribution in [3.63, 3.8) is 0 Å². The molecule has 13 heavy (non-hydrogen) atoms. The maximum Gasteiger partial charge on any atom is 0.125 e. The van der Waals surface area contributed by atoms with Crippen molar-refractivity contribution in [2.75, 3.05) is 7.05 Å². The molecule has 4 nitrogen and oxygen atoms in total. The Labute approximate surface area is 84.0 Å². The summed E-state index contributed by atoms with van der Waals surface area (Å²) in [5.41, 5.74) is -0.888. The number of aromatic nitrogens is 1. The number of thiazole rings is 1. The van der Waals surface area contributed by atoms with Gasteiger partial charge < -0.3 is 5.11 Å². The van der Waals surface area contributed by atoms with Gasteiger partial charge in [-0.1, -0.05) is 0 Å². The third-order valence-electron chi connectivity index (χ3n) is 1.41. The van der Waals surface area contributed by atoms with Gasteiger partial charge >= 0.3 is 0 Å². The van der Waals surface area contributed by atoms with E-state index in [2.05, 4.69) is 9.35 Å². The number of nitrogens with zero attached hydrogens (tertiary/aromatic N) is 2. The maximum atomic E-state index is 9.64. The topological polar surface area (TPSA) is 71.5 Å². The summed E-state index contributed by atoms with van der Waals surface area (Å²) < 4.78 is 4.85. The van der Waals surface area contributed by atoms with Gasteiger partial charge in [0.05, 0.1) is 6.20 Å². The summed E-state index contributed by atoms with van der Waals surface area (Å²) >= 11 is 1.40. The number of aliphatic hydroxyl groups is 1. The van der Waals surface area contributed by atoms with E-state index >= 15 is 0 Å². The highest BCUT2D eigenvalue weighted by atomic mass is 32.2. The van der Waals surface area contributed by atoms with Crippen LogP contribution in [0.2, 0.25) is 0 Å². The number of nitrogens with two attached hydrogens (primary N) is 1. The van der Waals surface area contributed by atoms with Crippen molar-refractivity contribution in [3.8, 4) is 0 Å². The molecule has 1 aromatic rings. The third kappa shape index (κ3) is 2.57. The molecular formula is C7H13N3OS2. The van der Waals surface area contributed by atoms with Gasteiger partial charge in [0.1, 0.15) is 14.8 Å². The molecule has 1 unspecified atom stereocenters. The quantitative estimate of drug-likeness (QED) is 0.780. The number of hydrogen-bond donors (Lipinski definition) is 2. The van der Waals surface area contributed by atoms with Crippen molar-refractivity contribution in [1.82, 2.24) is 4.98 Å². The van der Waals surface area contributed by atoms with Gasteiger partial charge in [0, 0.05) is 17.9 Å². The first-order chi connectivity index (χ1) is 5.95. The average Bonchev–Trinajstić information content (AvgIpc) is 2.50. The van der Waals surface area contributed by atoms with E-state index in [-0.39, 0.29) is 0 Å². The second kappa shape index (κ2) is 3.83. The summed E-state index contributed by atoms with van der Waals surface area (Å²) in [6.45, 7) is 3.40. The van der Waals surface area contributed by atoms with Crippen LogP contribution in [0.4, 0.5) is 0 Å². The van der Waals surface area contributed by atoms with Crippen LogP contribution in [0.3, 0.4) is 0 Å². The second-order valence-electron chi connectivity index (χ2n) is 3.04. The molecular weight excluding hydrogens is 206 g/mol. The van der Waals surface area contributed by atoms with E-state index in [1.165, 1.54) is 11.3 Å². The van der Waals surface area contributed by atoms with Gasteiger partial charge in [0.15, 0.2) is 0 Å². The fourth-order valence-corrected chi connectivity index (χ4v) is 2.52. The van der Waals surface area contributed by atoms with Crippen LogP contribution >= 0.6 is 11.3 Å².